The van der Waals surface area contributed by atoms with Gasteiger partial charge in [0.05, 0.1) is 23.5 Å². The van der Waals surface area contributed by atoms with Gasteiger partial charge in [0.15, 0.2) is 0 Å². The highest BCUT2D eigenvalue weighted by atomic mass is 35.5. The minimum atomic E-state index is -0.816. The number of halogens is 1. The van der Waals surface area contributed by atoms with Crippen LogP contribution in [0.3, 0.4) is 0 Å². The van der Waals surface area contributed by atoms with Gasteiger partial charge in [-0.15, -0.1) is 0 Å². The fourth-order valence-electron chi connectivity index (χ4n) is 3.33. The molecule has 21 heavy (non-hydrogen) atoms. The molecular weight excluding hydrogens is 286 g/mol. The third-order valence-corrected chi connectivity index (χ3v) is 5.02. The third kappa shape index (κ3) is 3.99. The van der Waals surface area contributed by atoms with Gasteiger partial charge in [0.1, 0.15) is 5.60 Å². The Hall–Kier alpha value is -0.580. The SMILES string of the molecule is CCC1CCCC(O)(c2c(Cl)cnn2CCN(C)C)CC1. The number of hydrogen-bond donors (Lipinski definition) is 1. The van der Waals surface area contributed by atoms with Crippen LogP contribution in [0, 0.1) is 5.92 Å². The van der Waals surface area contributed by atoms with Gasteiger partial charge in [0, 0.05) is 6.54 Å². The summed E-state index contributed by atoms with van der Waals surface area (Å²) in [5.41, 5.74) is 0.00635. The molecule has 1 aromatic rings. The molecule has 2 rings (SSSR count). The second-order valence-corrected chi connectivity index (χ2v) is 7.01. The zero-order chi connectivity index (χ0) is 15.5. The maximum atomic E-state index is 11.2. The molecule has 0 aromatic carbocycles. The number of rotatable bonds is 5. The quantitative estimate of drug-likeness (QED) is 0.848. The molecule has 2 atom stereocenters. The molecule has 0 amide bonds. The fourth-order valence-corrected chi connectivity index (χ4v) is 3.65. The topological polar surface area (TPSA) is 41.3 Å². The lowest BCUT2D eigenvalue weighted by atomic mass is 9.89. The van der Waals surface area contributed by atoms with Crippen LogP contribution in [0.4, 0.5) is 0 Å². The van der Waals surface area contributed by atoms with E-state index in [1.807, 2.05) is 18.8 Å². The van der Waals surface area contributed by atoms with E-state index in [4.69, 9.17) is 11.6 Å². The molecule has 120 valence electrons. The summed E-state index contributed by atoms with van der Waals surface area (Å²) in [5, 5.41) is 16.2. The lowest BCUT2D eigenvalue weighted by molar-refractivity contribution is 0.0106. The lowest BCUT2D eigenvalue weighted by Crippen LogP contribution is -2.31. The molecule has 4 nitrogen and oxygen atoms in total. The van der Waals surface area contributed by atoms with E-state index in [1.54, 1.807) is 6.20 Å². The Morgan fingerprint density at radius 3 is 2.86 bits per heavy atom. The molecular formula is C16H28ClN3O. The first-order valence-electron chi connectivity index (χ1n) is 8.05. The van der Waals surface area contributed by atoms with E-state index in [9.17, 15) is 5.11 Å². The molecule has 1 N–H and O–H groups in total. The van der Waals surface area contributed by atoms with Crippen LogP contribution in [0.2, 0.25) is 5.02 Å². The maximum Gasteiger partial charge on any atom is 0.108 e. The van der Waals surface area contributed by atoms with Crippen molar-refractivity contribution < 1.29 is 5.11 Å². The highest BCUT2D eigenvalue weighted by Gasteiger charge is 2.37. The largest absolute Gasteiger partial charge is 0.384 e. The zero-order valence-corrected chi connectivity index (χ0v) is 14.2. The molecule has 1 aromatic heterocycles. The Morgan fingerprint density at radius 1 is 1.43 bits per heavy atom. The predicted molar refractivity (Wildman–Crippen MR) is 86.6 cm³/mol. The summed E-state index contributed by atoms with van der Waals surface area (Å²) in [5.74, 6) is 0.732. The summed E-state index contributed by atoms with van der Waals surface area (Å²) >= 11 is 6.35. The van der Waals surface area contributed by atoms with E-state index >= 15 is 0 Å². The zero-order valence-electron chi connectivity index (χ0n) is 13.5. The predicted octanol–water partition coefficient (Wildman–Crippen LogP) is 3.28. The van der Waals surface area contributed by atoms with Crippen LogP contribution in [0.1, 0.15) is 51.1 Å². The van der Waals surface area contributed by atoms with Crippen molar-refractivity contribution in [3.8, 4) is 0 Å². The molecule has 1 aliphatic carbocycles. The minimum absolute atomic E-state index is 0.603. The Morgan fingerprint density at radius 2 is 2.19 bits per heavy atom. The first-order valence-corrected chi connectivity index (χ1v) is 8.43. The number of likely N-dealkylation sites (N-methyl/N-ethyl adjacent to an activating group) is 1. The van der Waals surface area contributed by atoms with Gasteiger partial charge in [-0.1, -0.05) is 31.4 Å². The van der Waals surface area contributed by atoms with Crippen LogP contribution < -0.4 is 0 Å². The van der Waals surface area contributed by atoms with Crippen molar-refractivity contribution in [3.63, 3.8) is 0 Å². The van der Waals surface area contributed by atoms with E-state index in [0.717, 1.165) is 50.4 Å². The first-order chi connectivity index (χ1) is 9.96. The maximum absolute atomic E-state index is 11.2. The van der Waals surface area contributed by atoms with E-state index in [2.05, 4.69) is 16.9 Å². The summed E-state index contributed by atoms with van der Waals surface area (Å²) in [6.45, 7) is 3.89. The van der Waals surface area contributed by atoms with Gasteiger partial charge >= 0.3 is 0 Å². The van der Waals surface area contributed by atoms with Crippen molar-refractivity contribution in [1.82, 2.24) is 14.7 Å². The standard InChI is InChI=1S/C16H28ClN3O/c1-4-13-6-5-8-16(21,9-7-13)15-14(17)12-18-20(15)11-10-19(2)3/h12-13,21H,4-11H2,1-3H3. The van der Waals surface area contributed by atoms with Gasteiger partial charge < -0.3 is 10.0 Å². The van der Waals surface area contributed by atoms with Gasteiger partial charge in [-0.3, -0.25) is 4.68 Å². The molecule has 2 unspecified atom stereocenters. The molecule has 0 saturated heterocycles. The number of nitrogens with zero attached hydrogens (tertiary/aromatic N) is 3. The number of hydrogen-bond acceptors (Lipinski definition) is 3. The van der Waals surface area contributed by atoms with Crippen molar-refractivity contribution >= 4 is 11.6 Å². The van der Waals surface area contributed by atoms with Crippen molar-refractivity contribution in [3.05, 3.63) is 16.9 Å². The van der Waals surface area contributed by atoms with E-state index in [-0.39, 0.29) is 0 Å². The van der Waals surface area contributed by atoms with Crippen molar-refractivity contribution in [2.45, 2.75) is 57.6 Å². The average molecular weight is 314 g/mol. The van der Waals surface area contributed by atoms with Crippen molar-refractivity contribution in [1.29, 1.82) is 0 Å². The van der Waals surface area contributed by atoms with E-state index in [0.29, 0.717) is 5.02 Å². The monoisotopic (exact) mass is 313 g/mol. The molecule has 0 radical (unpaired) electrons. The Labute approximate surface area is 133 Å². The molecule has 5 heteroatoms. The van der Waals surface area contributed by atoms with Gasteiger partial charge in [-0.25, -0.2) is 0 Å². The highest BCUT2D eigenvalue weighted by molar-refractivity contribution is 6.31. The molecule has 1 aliphatic rings. The summed E-state index contributed by atoms with van der Waals surface area (Å²) in [6, 6.07) is 0. The van der Waals surface area contributed by atoms with Crippen LogP contribution in [-0.2, 0) is 12.1 Å². The van der Waals surface area contributed by atoms with Crippen molar-refractivity contribution in [2.24, 2.45) is 5.92 Å². The summed E-state index contributed by atoms with van der Waals surface area (Å²) < 4.78 is 1.90. The lowest BCUT2D eigenvalue weighted by Gasteiger charge is -2.28. The molecule has 1 saturated carbocycles. The van der Waals surface area contributed by atoms with Gasteiger partial charge in [0.2, 0.25) is 0 Å². The molecule has 1 heterocycles. The molecule has 0 bridgehead atoms. The molecule has 0 aliphatic heterocycles. The van der Waals surface area contributed by atoms with Crippen LogP contribution >= 0.6 is 11.6 Å². The normalized spacial score (nSPS) is 27.0. The molecule has 1 fully saturated rings. The third-order valence-electron chi connectivity index (χ3n) is 4.74. The van der Waals surface area contributed by atoms with E-state index in [1.165, 1.54) is 12.8 Å². The second kappa shape index (κ2) is 7.12. The Kier molecular flexibility index (Phi) is 5.69. The summed E-state index contributed by atoms with van der Waals surface area (Å²) in [4.78, 5) is 2.11. The highest BCUT2D eigenvalue weighted by Crippen LogP contribution is 2.41. The van der Waals surface area contributed by atoms with Gasteiger partial charge in [-0.2, -0.15) is 5.10 Å². The second-order valence-electron chi connectivity index (χ2n) is 6.60. The smallest absolute Gasteiger partial charge is 0.108 e. The molecule has 0 spiro atoms. The Balaban J connectivity index is 2.20. The van der Waals surface area contributed by atoms with Crippen LogP contribution in [0.15, 0.2) is 6.20 Å². The van der Waals surface area contributed by atoms with E-state index < -0.39 is 5.60 Å². The summed E-state index contributed by atoms with van der Waals surface area (Å²) in [7, 11) is 4.08. The summed E-state index contributed by atoms with van der Waals surface area (Å²) in [6.07, 6.45) is 7.79. The average Bonchev–Trinajstić information content (AvgIpc) is 2.70. The van der Waals surface area contributed by atoms with Gasteiger partial charge in [0.25, 0.3) is 0 Å². The van der Waals surface area contributed by atoms with Crippen LogP contribution in [0.25, 0.3) is 0 Å². The minimum Gasteiger partial charge on any atom is -0.384 e. The van der Waals surface area contributed by atoms with Gasteiger partial charge in [-0.05, 0) is 45.7 Å². The van der Waals surface area contributed by atoms with Crippen LogP contribution in [0.5, 0.6) is 0 Å². The Bertz CT molecular complexity index is 460. The fraction of sp³-hybridized carbons (Fsp3) is 0.812. The number of aromatic nitrogens is 2. The first kappa shape index (κ1) is 16.8. The van der Waals surface area contributed by atoms with Crippen molar-refractivity contribution in [2.75, 3.05) is 20.6 Å². The number of aliphatic hydroxyl groups is 1. The van der Waals surface area contributed by atoms with Crippen LogP contribution in [-0.4, -0.2) is 40.4 Å².